The summed E-state index contributed by atoms with van der Waals surface area (Å²) in [7, 11) is 1.73. The molecule has 0 amide bonds. The molecule has 0 atom stereocenters. The van der Waals surface area contributed by atoms with Crippen molar-refractivity contribution in [2.24, 2.45) is 0 Å². The van der Waals surface area contributed by atoms with E-state index in [1.54, 1.807) is 18.4 Å². The Morgan fingerprint density at radius 3 is 2.63 bits per heavy atom. The lowest BCUT2D eigenvalue weighted by atomic mass is 9.99. The van der Waals surface area contributed by atoms with E-state index < -0.39 is 0 Å². The van der Waals surface area contributed by atoms with E-state index in [0.717, 1.165) is 83.5 Å². The molecule has 1 fully saturated rings. The van der Waals surface area contributed by atoms with Crippen molar-refractivity contribution in [3.05, 3.63) is 63.1 Å². The Labute approximate surface area is 210 Å². The number of thiophene rings is 1. The van der Waals surface area contributed by atoms with E-state index in [4.69, 9.17) is 14.2 Å². The minimum Gasteiger partial charge on any atom is -0.496 e. The summed E-state index contributed by atoms with van der Waals surface area (Å²) in [5, 5.41) is 8.97. The number of aromatic nitrogens is 3. The lowest BCUT2D eigenvalue weighted by Gasteiger charge is -2.33. The van der Waals surface area contributed by atoms with Crippen molar-refractivity contribution in [2.75, 3.05) is 25.5 Å². The van der Waals surface area contributed by atoms with Gasteiger partial charge in [-0.25, -0.2) is 9.97 Å². The number of ether oxygens (including phenoxy) is 1. The summed E-state index contributed by atoms with van der Waals surface area (Å²) in [6.07, 6.45) is 2.95. The average Bonchev–Trinajstić information content (AvgIpc) is 3.36. The van der Waals surface area contributed by atoms with Crippen LogP contribution in [0.15, 0.2) is 28.8 Å². The normalized spacial score (nSPS) is 15.1. The van der Waals surface area contributed by atoms with Crippen molar-refractivity contribution in [3.8, 4) is 5.75 Å². The van der Waals surface area contributed by atoms with Gasteiger partial charge in [-0.3, -0.25) is 4.90 Å². The molecule has 1 saturated heterocycles. The minimum absolute atomic E-state index is 0.426. The monoisotopic (exact) mass is 491 g/mol. The fourth-order valence-electron chi connectivity index (χ4n) is 4.96. The second-order valence-corrected chi connectivity index (χ2v) is 10.8. The van der Waals surface area contributed by atoms with Crippen LogP contribution in [0.5, 0.6) is 5.75 Å². The predicted octanol–water partition coefficient (Wildman–Crippen LogP) is 5.59. The molecule has 1 aliphatic heterocycles. The molecule has 184 valence electrons. The molecule has 1 aromatic carbocycles. The van der Waals surface area contributed by atoms with Crippen LogP contribution in [0.25, 0.3) is 10.2 Å². The Bertz CT molecular complexity index is 1320. The second kappa shape index (κ2) is 9.95. The van der Waals surface area contributed by atoms with Crippen molar-refractivity contribution in [3.63, 3.8) is 0 Å². The van der Waals surface area contributed by atoms with Crippen LogP contribution in [0.2, 0.25) is 0 Å². The molecule has 0 radical (unpaired) electrons. The van der Waals surface area contributed by atoms with E-state index in [9.17, 15) is 0 Å². The Hall–Kier alpha value is -2.97. The molecule has 1 aliphatic rings. The summed E-state index contributed by atoms with van der Waals surface area (Å²) in [5.41, 5.74) is 4.56. The standard InChI is InChI=1S/C27H33N5O2S/c1-16-12-24-26(28-19(4)29-27(24)35-16)30-22-8-10-32(11-9-22)15-20-6-7-25(33-5)21(13-20)14-23-17(2)31-34-18(23)3/h6-7,12-13,22H,8-11,14-15H2,1-5H3,(H,28,29,30). The molecular formula is C27H33N5O2S. The topological polar surface area (TPSA) is 76.3 Å². The van der Waals surface area contributed by atoms with Gasteiger partial charge in [-0.15, -0.1) is 11.3 Å². The van der Waals surface area contributed by atoms with E-state index in [2.05, 4.69) is 51.5 Å². The van der Waals surface area contributed by atoms with E-state index in [1.807, 2.05) is 20.8 Å². The highest BCUT2D eigenvalue weighted by molar-refractivity contribution is 7.18. The van der Waals surface area contributed by atoms with Gasteiger partial charge in [0.1, 0.15) is 28.0 Å². The summed E-state index contributed by atoms with van der Waals surface area (Å²) in [4.78, 5) is 14.2. The van der Waals surface area contributed by atoms with Crippen molar-refractivity contribution in [2.45, 2.75) is 59.5 Å². The molecule has 0 bridgehead atoms. The largest absolute Gasteiger partial charge is 0.496 e. The quantitative estimate of drug-likeness (QED) is 0.361. The molecule has 7 nitrogen and oxygen atoms in total. The minimum atomic E-state index is 0.426. The van der Waals surface area contributed by atoms with Gasteiger partial charge < -0.3 is 14.6 Å². The molecule has 4 aromatic rings. The number of anilines is 1. The van der Waals surface area contributed by atoms with E-state index in [0.29, 0.717) is 6.04 Å². The number of hydrogen-bond acceptors (Lipinski definition) is 8. The van der Waals surface area contributed by atoms with Gasteiger partial charge >= 0.3 is 0 Å². The summed E-state index contributed by atoms with van der Waals surface area (Å²) < 4.78 is 11.0. The first-order valence-electron chi connectivity index (χ1n) is 12.2. The molecule has 3 aromatic heterocycles. The average molecular weight is 492 g/mol. The highest BCUT2D eigenvalue weighted by Gasteiger charge is 2.22. The van der Waals surface area contributed by atoms with Gasteiger partial charge in [0, 0.05) is 42.5 Å². The van der Waals surface area contributed by atoms with Crippen molar-refractivity contribution >= 4 is 27.4 Å². The number of nitrogens with one attached hydrogen (secondary N) is 1. The Kier molecular flexibility index (Phi) is 6.75. The zero-order valence-electron chi connectivity index (χ0n) is 21.1. The number of benzene rings is 1. The third-order valence-electron chi connectivity index (χ3n) is 6.86. The first-order chi connectivity index (χ1) is 16.9. The van der Waals surface area contributed by atoms with Crippen molar-refractivity contribution in [1.29, 1.82) is 0 Å². The van der Waals surface area contributed by atoms with Crippen LogP contribution in [-0.2, 0) is 13.0 Å². The molecule has 8 heteroatoms. The molecule has 1 N–H and O–H groups in total. The highest BCUT2D eigenvalue weighted by Crippen LogP contribution is 2.30. The van der Waals surface area contributed by atoms with E-state index >= 15 is 0 Å². The summed E-state index contributed by atoms with van der Waals surface area (Å²) in [5.74, 6) is 3.59. The fraction of sp³-hybridized carbons (Fsp3) is 0.444. The third kappa shape index (κ3) is 5.18. The summed E-state index contributed by atoms with van der Waals surface area (Å²) >= 11 is 1.73. The maximum Gasteiger partial charge on any atom is 0.138 e. The number of nitrogens with zero attached hydrogens (tertiary/aromatic N) is 4. The first-order valence-corrected chi connectivity index (χ1v) is 13.0. The first kappa shape index (κ1) is 23.8. The Morgan fingerprint density at radius 1 is 1.11 bits per heavy atom. The van der Waals surface area contributed by atoms with Crippen LogP contribution < -0.4 is 10.1 Å². The van der Waals surface area contributed by atoms with E-state index in [-0.39, 0.29) is 0 Å². The van der Waals surface area contributed by atoms with Crippen LogP contribution in [-0.4, -0.2) is 46.3 Å². The molecule has 0 spiro atoms. The van der Waals surface area contributed by atoms with Crippen LogP contribution in [0.3, 0.4) is 0 Å². The summed E-state index contributed by atoms with van der Waals surface area (Å²) in [6, 6.07) is 9.16. The van der Waals surface area contributed by atoms with Gasteiger partial charge in [-0.2, -0.15) is 0 Å². The predicted molar refractivity (Wildman–Crippen MR) is 141 cm³/mol. The number of methoxy groups -OCH3 is 1. The van der Waals surface area contributed by atoms with Crippen LogP contribution in [0, 0.1) is 27.7 Å². The number of fused-ring (bicyclic) bond motifs is 1. The van der Waals surface area contributed by atoms with Gasteiger partial charge in [0.05, 0.1) is 18.2 Å². The van der Waals surface area contributed by atoms with Gasteiger partial charge in [0.25, 0.3) is 0 Å². The van der Waals surface area contributed by atoms with Gasteiger partial charge in [0.15, 0.2) is 0 Å². The third-order valence-corrected chi connectivity index (χ3v) is 7.80. The molecule has 4 heterocycles. The lowest BCUT2D eigenvalue weighted by molar-refractivity contribution is 0.211. The number of likely N-dealkylation sites (tertiary alicyclic amines) is 1. The summed E-state index contributed by atoms with van der Waals surface area (Å²) in [6.45, 7) is 11.1. The van der Waals surface area contributed by atoms with Gasteiger partial charge in [-0.1, -0.05) is 17.3 Å². The lowest BCUT2D eigenvalue weighted by Crippen LogP contribution is -2.38. The number of rotatable bonds is 7. The number of aryl methyl sites for hydroxylation is 4. The molecule has 0 unspecified atom stereocenters. The number of hydrogen-bond donors (Lipinski definition) is 1. The fourth-order valence-corrected chi connectivity index (χ4v) is 5.88. The molecule has 5 rings (SSSR count). The van der Waals surface area contributed by atoms with Crippen LogP contribution in [0.4, 0.5) is 5.82 Å². The SMILES string of the molecule is COc1ccc(CN2CCC(Nc3nc(C)nc4sc(C)cc34)CC2)cc1Cc1c(C)noc1C. The Balaban J connectivity index is 1.23. The van der Waals surface area contributed by atoms with Crippen LogP contribution in [0.1, 0.15) is 51.7 Å². The number of piperidine rings is 1. The van der Waals surface area contributed by atoms with Crippen molar-refractivity contribution < 1.29 is 9.26 Å². The maximum atomic E-state index is 5.65. The smallest absolute Gasteiger partial charge is 0.138 e. The molecular weight excluding hydrogens is 458 g/mol. The zero-order chi connectivity index (χ0) is 24.5. The molecule has 0 aliphatic carbocycles. The van der Waals surface area contributed by atoms with Gasteiger partial charge in [-0.05, 0) is 63.8 Å². The van der Waals surface area contributed by atoms with Crippen LogP contribution >= 0.6 is 11.3 Å². The highest BCUT2D eigenvalue weighted by atomic mass is 32.1. The molecule has 35 heavy (non-hydrogen) atoms. The van der Waals surface area contributed by atoms with E-state index in [1.165, 1.54) is 16.0 Å². The van der Waals surface area contributed by atoms with Crippen molar-refractivity contribution in [1.82, 2.24) is 20.0 Å². The maximum absolute atomic E-state index is 5.65. The Morgan fingerprint density at radius 2 is 1.91 bits per heavy atom. The zero-order valence-corrected chi connectivity index (χ0v) is 22.0. The second-order valence-electron chi connectivity index (χ2n) is 9.52. The van der Waals surface area contributed by atoms with Gasteiger partial charge in [0.2, 0.25) is 0 Å². The molecule has 0 saturated carbocycles.